The highest BCUT2D eigenvalue weighted by Gasteiger charge is 2.05. The lowest BCUT2D eigenvalue weighted by molar-refractivity contribution is 0.314. The molecule has 0 aliphatic heterocycles. The lowest BCUT2D eigenvalue weighted by atomic mass is 10.2. The molecule has 0 unspecified atom stereocenters. The summed E-state index contributed by atoms with van der Waals surface area (Å²) < 4.78 is 11.0. The van der Waals surface area contributed by atoms with E-state index in [-0.39, 0.29) is 0 Å². The molecular formula is C14H23NO2. The number of ether oxygens (including phenoxy) is 2. The topological polar surface area (TPSA) is 30.5 Å². The van der Waals surface area contributed by atoms with Crippen LogP contribution < -0.4 is 14.8 Å². The van der Waals surface area contributed by atoms with Gasteiger partial charge in [0.25, 0.3) is 0 Å². The lowest BCUT2D eigenvalue weighted by Crippen LogP contribution is -2.22. The van der Waals surface area contributed by atoms with E-state index in [2.05, 4.69) is 32.2 Å². The first-order valence-electron chi connectivity index (χ1n) is 6.20. The van der Waals surface area contributed by atoms with E-state index in [9.17, 15) is 0 Å². The highest BCUT2D eigenvalue weighted by atomic mass is 16.5. The van der Waals surface area contributed by atoms with E-state index in [0.29, 0.717) is 6.04 Å². The van der Waals surface area contributed by atoms with Gasteiger partial charge in [0.1, 0.15) is 11.5 Å². The Morgan fingerprint density at radius 1 is 1.29 bits per heavy atom. The molecule has 0 radical (unpaired) electrons. The SMILES string of the molecule is CCCOc1ccc(CNC(C)C)c(OC)c1. The van der Waals surface area contributed by atoms with E-state index < -0.39 is 0 Å². The number of hydrogen-bond acceptors (Lipinski definition) is 3. The second kappa shape index (κ2) is 7.17. The molecule has 0 fully saturated rings. The van der Waals surface area contributed by atoms with Crippen LogP contribution in [0.1, 0.15) is 32.8 Å². The van der Waals surface area contributed by atoms with Crippen LogP contribution in [-0.2, 0) is 6.54 Å². The fourth-order valence-electron chi connectivity index (χ4n) is 1.49. The predicted molar refractivity (Wildman–Crippen MR) is 70.8 cm³/mol. The van der Waals surface area contributed by atoms with Crippen molar-refractivity contribution in [3.05, 3.63) is 23.8 Å². The average molecular weight is 237 g/mol. The fraction of sp³-hybridized carbons (Fsp3) is 0.571. The van der Waals surface area contributed by atoms with Crippen LogP contribution in [0.4, 0.5) is 0 Å². The predicted octanol–water partition coefficient (Wildman–Crippen LogP) is 2.98. The minimum Gasteiger partial charge on any atom is -0.496 e. The van der Waals surface area contributed by atoms with Crippen LogP contribution in [0, 0.1) is 0 Å². The van der Waals surface area contributed by atoms with Gasteiger partial charge in [-0.25, -0.2) is 0 Å². The van der Waals surface area contributed by atoms with Crippen molar-refractivity contribution in [1.29, 1.82) is 0 Å². The average Bonchev–Trinajstić information content (AvgIpc) is 2.34. The van der Waals surface area contributed by atoms with Gasteiger partial charge in [0, 0.05) is 24.2 Å². The summed E-state index contributed by atoms with van der Waals surface area (Å²) >= 11 is 0. The van der Waals surface area contributed by atoms with E-state index in [1.807, 2.05) is 12.1 Å². The van der Waals surface area contributed by atoms with Crippen molar-refractivity contribution in [2.45, 2.75) is 39.8 Å². The summed E-state index contributed by atoms with van der Waals surface area (Å²) in [5.74, 6) is 1.75. The van der Waals surface area contributed by atoms with Gasteiger partial charge in [-0.2, -0.15) is 0 Å². The molecule has 0 aromatic heterocycles. The van der Waals surface area contributed by atoms with Crippen molar-refractivity contribution in [3.63, 3.8) is 0 Å². The van der Waals surface area contributed by atoms with Gasteiger partial charge in [-0.15, -0.1) is 0 Å². The molecule has 0 spiro atoms. The van der Waals surface area contributed by atoms with Gasteiger partial charge in [-0.05, 0) is 12.5 Å². The second-order valence-electron chi connectivity index (χ2n) is 4.36. The minimum atomic E-state index is 0.468. The van der Waals surface area contributed by atoms with Gasteiger partial charge in [0.05, 0.1) is 13.7 Å². The van der Waals surface area contributed by atoms with E-state index in [1.54, 1.807) is 7.11 Å². The molecule has 3 heteroatoms. The maximum Gasteiger partial charge on any atom is 0.127 e. The summed E-state index contributed by atoms with van der Waals surface area (Å²) in [6.07, 6.45) is 1.01. The third kappa shape index (κ3) is 4.65. The Hall–Kier alpha value is -1.22. The molecule has 3 nitrogen and oxygen atoms in total. The van der Waals surface area contributed by atoms with Crippen molar-refractivity contribution in [2.24, 2.45) is 0 Å². The van der Waals surface area contributed by atoms with Gasteiger partial charge in [-0.3, -0.25) is 0 Å². The van der Waals surface area contributed by atoms with Crippen LogP contribution in [0.25, 0.3) is 0 Å². The van der Waals surface area contributed by atoms with E-state index >= 15 is 0 Å². The smallest absolute Gasteiger partial charge is 0.127 e. The zero-order chi connectivity index (χ0) is 12.7. The summed E-state index contributed by atoms with van der Waals surface area (Å²) in [4.78, 5) is 0. The monoisotopic (exact) mass is 237 g/mol. The summed E-state index contributed by atoms with van der Waals surface area (Å²) in [6, 6.07) is 6.47. The molecule has 1 N–H and O–H groups in total. The standard InChI is InChI=1S/C14H23NO2/c1-5-8-17-13-7-6-12(10-15-11(2)3)14(9-13)16-4/h6-7,9,11,15H,5,8,10H2,1-4H3. The first kappa shape index (κ1) is 13.8. The molecule has 1 rings (SSSR count). The van der Waals surface area contributed by atoms with Crippen LogP contribution in [0.3, 0.4) is 0 Å². The Morgan fingerprint density at radius 2 is 2.06 bits per heavy atom. The van der Waals surface area contributed by atoms with Crippen molar-refractivity contribution >= 4 is 0 Å². The van der Waals surface area contributed by atoms with Crippen LogP contribution in [-0.4, -0.2) is 19.8 Å². The highest BCUT2D eigenvalue weighted by Crippen LogP contribution is 2.24. The molecule has 0 saturated heterocycles. The number of benzene rings is 1. The summed E-state index contributed by atoms with van der Waals surface area (Å²) in [7, 11) is 1.69. The van der Waals surface area contributed by atoms with Crippen LogP contribution in [0.15, 0.2) is 18.2 Å². The molecule has 0 atom stereocenters. The Balaban J connectivity index is 2.71. The molecule has 0 heterocycles. The molecule has 0 aliphatic carbocycles. The molecule has 0 amide bonds. The first-order valence-corrected chi connectivity index (χ1v) is 6.20. The zero-order valence-electron chi connectivity index (χ0n) is 11.2. The number of hydrogen-bond donors (Lipinski definition) is 1. The van der Waals surface area contributed by atoms with Gasteiger partial charge in [0.2, 0.25) is 0 Å². The van der Waals surface area contributed by atoms with Crippen molar-refractivity contribution in [1.82, 2.24) is 5.32 Å². The summed E-state index contributed by atoms with van der Waals surface area (Å²) in [6.45, 7) is 7.91. The van der Waals surface area contributed by atoms with E-state index in [1.165, 1.54) is 0 Å². The Labute approximate surface area is 104 Å². The normalized spacial score (nSPS) is 10.6. The molecule has 0 aliphatic rings. The third-order valence-electron chi connectivity index (χ3n) is 2.43. The minimum absolute atomic E-state index is 0.468. The number of rotatable bonds is 7. The zero-order valence-corrected chi connectivity index (χ0v) is 11.2. The van der Waals surface area contributed by atoms with Crippen LogP contribution in [0.2, 0.25) is 0 Å². The quantitative estimate of drug-likeness (QED) is 0.791. The Bertz CT molecular complexity index is 337. The van der Waals surface area contributed by atoms with Crippen molar-refractivity contribution in [2.75, 3.05) is 13.7 Å². The van der Waals surface area contributed by atoms with Crippen molar-refractivity contribution in [3.8, 4) is 11.5 Å². The van der Waals surface area contributed by atoms with Gasteiger partial charge in [-0.1, -0.05) is 26.8 Å². The Morgan fingerprint density at radius 3 is 2.65 bits per heavy atom. The molecule has 0 saturated carbocycles. The maximum absolute atomic E-state index is 5.58. The molecule has 17 heavy (non-hydrogen) atoms. The van der Waals surface area contributed by atoms with E-state index in [0.717, 1.165) is 36.6 Å². The lowest BCUT2D eigenvalue weighted by Gasteiger charge is -2.13. The van der Waals surface area contributed by atoms with Gasteiger partial charge in [0.15, 0.2) is 0 Å². The number of methoxy groups -OCH3 is 1. The maximum atomic E-state index is 5.58. The summed E-state index contributed by atoms with van der Waals surface area (Å²) in [5, 5.41) is 3.38. The van der Waals surface area contributed by atoms with E-state index in [4.69, 9.17) is 9.47 Å². The fourth-order valence-corrected chi connectivity index (χ4v) is 1.49. The molecule has 1 aromatic rings. The van der Waals surface area contributed by atoms with Crippen LogP contribution in [0.5, 0.6) is 11.5 Å². The number of nitrogens with one attached hydrogen (secondary N) is 1. The second-order valence-corrected chi connectivity index (χ2v) is 4.36. The first-order chi connectivity index (χ1) is 8.17. The van der Waals surface area contributed by atoms with Crippen molar-refractivity contribution < 1.29 is 9.47 Å². The Kier molecular flexibility index (Phi) is 5.84. The van der Waals surface area contributed by atoms with Gasteiger partial charge >= 0.3 is 0 Å². The molecule has 96 valence electrons. The molecule has 0 bridgehead atoms. The summed E-state index contributed by atoms with van der Waals surface area (Å²) in [5.41, 5.74) is 1.16. The largest absolute Gasteiger partial charge is 0.496 e. The molecular weight excluding hydrogens is 214 g/mol. The van der Waals surface area contributed by atoms with Crippen LogP contribution >= 0.6 is 0 Å². The highest BCUT2D eigenvalue weighted by molar-refractivity contribution is 5.40. The van der Waals surface area contributed by atoms with Gasteiger partial charge < -0.3 is 14.8 Å². The third-order valence-corrected chi connectivity index (χ3v) is 2.43. The molecule has 1 aromatic carbocycles.